The number of ether oxygens (including phenoxy) is 1. The minimum Gasteiger partial charge on any atom is -0.488 e. The fourth-order valence-corrected chi connectivity index (χ4v) is 5.17. The van der Waals surface area contributed by atoms with Crippen molar-refractivity contribution in [2.24, 2.45) is 5.92 Å². The summed E-state index contributed by atoms with van der Waals surface area (Å²) in [7, 11) is 0. The highest BCUT2D eigenvalue weighted by molar-refractivity contribution is 5.87. The molecule has 4 aromatic carbocycles. The van der Waals surface area contributed by atoms with Gasteiger partial charge in [0.25, 0.3) is 0 Å². The number of nitrogens with one attached hydrogen (secondary N) is 1. The first-order valence-electron chi connectivity index (χ1n) is 15.2. The van der Waals surface area contributed by atoms with Gasteiger partial charge in [0.15, 0.2) is 5.82 Å². The van der Waals surface area contributed by atoms with Gasteiger partial charge in [0.1, 0.15) is 18.2 Å². The van der Waals surface area contributed by atoms with Crippen LogP contribution in [0.15, 0.2) is 106 Å². The maximum Gasteiger partial charge on any atom is 0.439 e. The Morgan fingerprint density at radius 1 is 0.957 bits per heavy atom. The number of aromatic amines is 1. The molecule has 46 heavy (non-hydrogen) atoms. The van der Waals surface area contributed by atoms with E-state index >= 15 is 0 Å². The summed E-state index contributed by atoms with van der Waals surface area (Å²) in [6.45, 7) is 6.88. The molecule has 8 heteroatoms. The number of H-pyrrole nitrogens is 1. The molecule has 0 aliphatic carbocycles. The van der Waals surface area contributed by atoms with Crippen LogP contribution < -0.4 is 10.5 Å². The van der Waals surface area contributed by atoms with Gasteiger partial charge < -0.3 is 9.84 Å². The molecular formula is C38H37FN2O5. The second kappa shape index (κ2) is 14.2. The fraction of sp³-hybridized carbons (Fsp3) is 0.237. The van der Waals surface area contributed by atoms with Gasteiger partial charge in [-0.15, -0.1) is 0 Å². The van der Waals surface area contributed by atoms with Gasteiger partial charge in [0.2, 0.25) is 0 Å². The number of hydrogen-bond acceptors (Lipinski definition) is 5. The molecule has 0 saturated carbocycles. The molecule has 0 radical (unpaired) electrons. The van der Waals surface area contributed by atoms with Crippen LogP contribution in [0.1, 0.15) is 65.4 Å². The maximum atomic E-state index is 14.4. The number of nitrogens with zero attached hydrogens (tertiary/aromatic N) is 1. The number of carboxylic acid groups (broad SMARTS) is 1. The number of benzene rings is 4. The van der Waals surface area contributed by atoms with Gasteiger partial charge in [-0.3, -0.25) is 9.51 Å². The van der Waals surface area contributed by atoms with Crippen LogP contribution in [0.25, 0.3) is 17.5 Å². The lowest BCUT2D eigenvalue weighted by molar-refractivity contribution is 0.0697. The number of aromatic carboxylic acids is 1. The summed E-state index contributed by atoms with van der Waals surface area (Å²) in [6, 6.07) is 27.5. The number of rotatable bonds is 12. The Bertz CT molecular complexity index is 1850. The SMILES string of the molecule is CC(C)(C)c1ccc(COc2ccc(F)cc2C=CC(CCc2ccc(-c3noc(=O)[nH]3)cc2)Cc2ccc(C(=O)O)cc2)cc1. The highest BCUT2D eigenvalue weighted by Gasteiger charge is 2.14. The number of aryl methyl sites for hydroxylation is 1. The van der Waals surface area contributed by atoms with Crippen molar-refractivity contribution in [1.82, 2.24) is 10.1 Å². The van der Waals surface area contributed by atoms with Crippen LogP contribution in [0.3, 0.4) is 0 Å². The van der Waals surface area contributed by atoms with Crippen LogP contribution in [0.5, 0.6) is 5.75 Å². The molecule has 1 heterocycles. The van der Waals surface area contributed by atoms with Crippen LogP contribution in [0, 0.1) is 11.7 Å². The Hall–Kier alpha value is -5.24. The minimum absolute atomic E-state index is 0.0586. The topological polar surface area (TPSA) is 105 Å². The zero-order valence-electron chi connectivity index (χ0n) is 26.1. The first kappa shape index (κ1) is 32.2. The van der Waals surface area contributed by atoms with Crippen LogP contribution in [-0.4, -0.2) is 21.2 Å². The molecule has 5 aromatic rings. The normalized spacial score (nSPS) is 12.3. The van der Waals surface area contributed by atoms with Crippen molar-refractivity contribution in [2.45, 2.75) is 52.1 Å². The number of allylic oxidation sites excluding steroid dienone is 1. The Morgan fingerprint density at radius 2 is 1.63 bits per heavy atom. The third-order valence-corrected chi connectivity index (χ3v) is 7.90. The molecule has 1 atom stereocenters. The molecule has 5 rings (SSSR count). The van der Waals surface area contributed by atoms with E-state index in [0.29, 0.717) is 30.2 Å². The third-order valence-electron chi connectivity index (χ3n) is 7.90. The van der Waals surface area contributed by atoms with E-state index in [4.69, 9.17) is 4.74 Å². The lowest BCUT2D eigenvalue weighted by atomic mass is 9.87. The summed E-state index contributed by atoms with van der Waals surface area (Å²) in [5.41, 5.74) is 6.05. The molecule has 2 N–H and O–H groups in total. The van der Waals surface area contributed by atoms with Gasteiger partial charge in [-0.2, -0.15) is 0 Å². The molecular weight excluding hydrogens is 583 g/mol. The second-order valence-electron chi connectivity index (χ2n) is 12.4. The quantitative estimate of drug-likeness (QED) is 0.146. The highest BCUT2D eigenvalue weighted by atomic mass is 19.1. The summed E-state index contributed by atoms with van der Waals surface area (Å²) in [4.78, 5) is 25.2. The largest absolute Gasteiger partial charge is 0.488 e. The van der Waals surface area contributed by atoms with E-state index in [0.717, 1.165) is 35.1 Å². The number of aromatic nitrogens is 2. The van der Waals surface area contributed by atoms with E-state index in [1.807, 2.05) is 42.5 Å². The van der Waals surface area contributed by atoms with Crippen molar-refractivity contribution in [2.75, 3.05) is 0 Å². The summed E-state index contributed by atoms with van der Waals surface area (Å²) >= 11 is 0. The maximum absolute atomic E-state index is 14.4. The highest BCUT2D eigenvalue weighted by Crippen LogP contribution is 2.27. The molecule has 0 spiro atoms. The zero-order chi connectivity index (χ0) is 32.7. The Kier molecular flexibility index (Phi) is 9.96. The predicted molar refractivity (Wildman–Crippen MR) is 176 cm³/mol. The van der Waals surface area contributed by atoms with Crippen LogP contribution >= 0.6 is 0 Å². The van der Waals surface area contributed by atoms with Gasteiger partial charge in [0.05, 0.1) is 5.56 Å². The van der Waals surface area contributed by atoms with Crippen LogP contribution in [0.4, 0.5) is 4.39 Å². The summed E-state index contributed by atoms with van der Waals surface area (Å²) < 4.78 is 25.2. The lowest BCUT2D eigenvalue weighted by Gasteiger charge is -2.19. The molecule has 0 amide bonds. The second-order valence-corrected chi connectivity index (χ2v) is 12.4. The first-order valence-corrected chi connectivity index (χ1v) is 15.2. The number of carboxylic acids is 1. The molecule has 0 bridgehead atoms. The van der Waals surface area contributed by atoms with Gasteiger partial charge in [-0.05, 0) is 83.2 Å². The molecule has 7 nitrogen and oxygen atoms in total. The summed E-state index contributed by atoms with van der Waals surface area (Å²) in [5, 5.41) is 13.0. The molecule has 1 unspecified atom stereocenters. The van der Waals surface area contributed by atoms with Gasteiger partial charge in [0, 0.05) is 11.1 Å². The predicted octanol–water partition coefficient (Wildman–Crippen LogP) is 8.25. The van der Waals surface area contributed by atoms with Gasteiger partial charge >= 0.3 is 11.7 Å². The Balaban J connectivity index is 1.32. The van der Waals surface area contributed by atoms with Crippen molar-refractivity contribution >= 4 is 12.0 Å². The van der Waals surface area contributed by atoms with E-state index in [9.17, 15) is 19.1 Å². The summed E-state index contributed by atoms with van der Waals surface area (Å²) in [6.07, 6.45) is 6.18. The smallest absolute Gasteiger partial charge is 0.439 e. The lowest BCUT2D eigenvalue weighted by Crippen LogP contribution is -2.10. The summed E-state index contributed by atoms with van der Waals surface area (Å²) in [5.74, 6) is -0.906. The van der Waals surface area contributed by atoms with E-state index in [1.165, 1.54) is 17.7 Å². The van der Waals surface area contributed by atoms with E-state index in [2.05, 4.69) is 65.8 Å². The Morgan fingerprint density at radius 3 is 2.26 bits per heavy atom. The van der Waals surface area contributed by atoms with Gasteiger partial charge in [-0.1, -0.05) is 98.7 Å². The Labute approximate surface area is 267 Å². The standard InChI is InChI=1S/C38H37FN2O5/c1-38(2,3)32-18-11-28(12-19-32)24-45-34-21-20-33(39)23-31(34)17-10-26(22-27-8-15-30(16-9-27)36(42)43)5-4-25-6-13-29(14-7-25)35-40-37(44)46-41-35/h6-21,23,26H,4-5,22,24H2,1-3H3,(H,42,43)(H,40,41,44). The molecule has 0 aliphatic rings. The van der Waals surface area contributed by atoms with E-state index in [1.54, 1.807) is 18.2 Å². The molecule has 0 aliphatic heterocycles. The number of halogens is 1. The van der Waals surface area contributed by atoms with Crippen molar-refractivity contribution in [3.8, 4) is 17.1 Å². The number of carbonyl (C=O) groups is 1. The van der Waals surface area contributed by atoms with Crippen molar-refractivity contribution in [3.05, 3.63) is 147 Å². The minimum atomic E-state index is -0.968. The van der Waals surface area contributed by atoms with Gasteiger partial charge in [-0.25, -0.2) is 14.0 Å². The van der Waals surface area contributed by atoms with Crippen LogP contribution in [-0.2, 0) is 24.9 Å². The monoisotopic (exact) mass is 620 g/mol. The zero-order valence-corrected chi connectivity index (χ0v) is 26.1. The molecule has 1 aromatic heterocycles. The van der Waals surface area contributed by atoms with Crippen LogP contribution in [0.2, 0.25) is 0 Å². The number of hydrogen-bond donors (Lipinski definition) is 2. The van der Waals surface area contributed by atoms with Crippen molar-refractivity contribution in [3.63, 3.8) is 0 Å². The third kappa shape index (κ3) is 8.69. The fourth-order valence-electron chi connectivity index (χ4n) is 5.17. The average Bonchev–Trinajstić information content (AvgIpc) is 3.48. The van der Waals surface area contributed by atoms with Crippen molar-refractivity contribution < 1.29 is 23.6 Å². The van der Waals surface area contributed by atoms with Crippen molar-refractivity contribution in [1.29, 1.82) is 0 Å². The average molecular weight is 621 g/mol. The molecule has 0 saturated heterocycles. The molecule has 0 fully saturated rings. The molecule has 236 valence electrons. The first-order chi connectivity index (χ1) is 22.0. The van der Waals surface area contributed by atoms with E-state index < -0.39 is 11.7 Å². The van der Waals surface area contributed by atoms with E-state index in [-0.39, 0.29) is 22.7 Å².